The van der Waals surface area contributed by atoms with Crippen LogP contribution in [-0.4, -0.2) is 16.1 Å². The molecule has 0 aliphatic rings. The first-order valence-electron chi connectivity index (χ1n) is 7.51. The van der Waals surface area contributed by atoms with Gasteiger partial charge in [0.15, 0.2) is 18.8 Å². The molecule has 1 N–H and O–H groups in total. The van der Waals surface area contributed by atoms with Gasteiger partial charge in [0.05, 0.1) is 6.20 Å². The van der Waals surface area contributed by atoms with Crippen LogP contribution in [0, 0.1) is 6.92 Å². The van der Waals surface area contributed by atoms with Gasteiger partial charge in [0.25, 0.3) is 0 Å². The number of carbonyl (C=O) groups is 1. The van der Waals surface area contributed by atoms with Crippen molar-refractivity contribution < 1.29 is 13.9 Å². The summed E-state index contributed by atoms with van der Waals surface area (Å²) in [5, 5.41) is 2.67. The van der Waals surface area contributed by atoms with Crippen LogP contribution < -0.4 is 5.32 Å². The third-order valence-electron chi connectivity index (χ3n) is 3.41. The van der Waals surface area contributed by atoms with Gasteiger partial charge in [-0.15, -0.1) is 0 Å². The molecule has 122 valence electrons. The second kappa shape index (κ2) is 7.41. The van der Waals surface area contributed by atoms with Crippen molar-refractivity contribution >= 4 is 11.8 Å². The van der Waals surface area contributed by atoms with Crippen molar-refractivity contribution in [1.82, 2.24) is 9.97 Å². The first kappa shape index (κ1) is 15.7. The second-order valence-corrected chi connectivity index (χ2v) is 5.35. The highest BCUT2D eigenvalue weighted by Crippen LogP contribution is 2.14. The van der Waals surface area contributed by atoms with Crippen LogP contribution in [0.25, 0.3) is 0 Å². The zero-order valence-corrected chi connectivity index (χ0v) is 13.2. The van der Waals surface area contributed by atoms with Crippen LogP contribution in [0.5, 0.6) is 0 Å². The van der Waals surface area contributed by atoms with Gasteiger partial charge >= 0.3 is 6.09 Å². The van der Waals surface area contributed by atoms with Gasteiger partial charge in [0.1, 0.15) is 0 Å². The minimum absolute atomic E-state index is 0.0460. The fraction of sp³-hybridized carbons (Fsp3) is 0.167. The molecule has 0 unspecified atom stereocenters. The zero-order valence-electron chi connectivity index (χ0n) is 13.2. The van der Waals surface area contributed by atoms with Gasteiger partial charge < -0.3 is 9.15 Å². The molecule has 1 aromatic carbocycles. The summed E-state index contributed by atoms with van der Waals surface area (Å²) in [6.07, 6.45) is 4.93. The lowest BCUT2D eigenvalue weighted by Gasteiger charge is -2.07. The van der Waals surface area contributed by atoms with Crippen molar-refractivity contribution in [1.29, 1.82) is 0 Å². The third-order valence-corrected chi connectivity index (χ3v) is 3.41. The molecule has 0 saturated carbocycles. The molecule has 3 rings (SSSR count). The smallest absolute Gasteiger partial charge is 0.412 e. The summed E-state index contributed by atoms with van der Waals surface area (Å²) in [7, 11) is 0. The minimum atomic E-state index is -0.540. The molecule has 0 atom stereocenters. The predicted octanol–water partition coefficient (Wildman–Crippen LogP) is 3.72. The molecule has 1 amide bonds. The van der Waals surface area contributed by atoms with Crippen LogP contribution >= 0.6 is 0 Å². The number of benzene rings is 1. The number of hydrogen-bond donors (Lipinski definition) is 1. The van der Waals surface area contributed by atoms with Gasteiger partial charge in [-0.1, -0.05) is 18.2 Å². The number of amides is 1. The number of ether oxygens (including phenoxy) is 1. The Balaban J connectivity index is 1.52. The van der Waals surface area contributed by atoms with E-state index < -0.39 is 6.09 Å². The summed E-state index contributed by atoms with van der Waals surface area (Å²) in [6.45, 7) is 2.01. The molecule has 2 aromatic heterocycles. The average Bonchev–Trinajstić information content (AvgIpc) is 3.10. The number of aromatic nitrogens is 2. The number of aryl methyl sites for hydroxylation is 1. The first-order valence-corrected chi connectivity index (χ1v) is 7.51. The molecule has 0 aliphatic heterocycles. The molecule has 24 heavy (non-hydrogen) atoms. The van der Waals surface area contributed by atoms with E-state index in [4.69, 9.17) is 9.15 Å². The minimum Gasteiger partial charge on any atom is -0.445 e. The molecule has 6 heteroatoms. The van der Waals surface area contributed by atoms with Gasteiger partial charge in [-0.05, 0) is 42.7 Å². The molecule has 0 saturated heterocycles. The number of pyridine rings is 1. The Morgan fingerprint density at radius 2 is 1.92 bits per heavy atom. The van der Waals surface area contributed by atoms with E-state index in [1.807, 2.05) is 43.5 Å². The standard InChI is InChI=1S/C18H17N3O3/c1-13-2-3-15(9-20-13)8-14-4-6-16(7-5-14)21-18(22)23-11-17-10-19-12-24-17/h2-7,9-10,12H,8,11H2,1H3,(H,21,22). The Morgan fingerprint density at radius 1 is 1.12 bits per heavy atom. The molecule has 6 nitrogen and oxygen atoms in total. The summed E-state index contributed by atoms with van der Waals surface area (Å²) in [5.41, 5.74) is 3.96. The van der Waals surface area contributed by atoms with E-state index in [2.05, 4.69) is 21.4 Å². The van der Waals surface area contributed by atoms with Crippen LogP contribution in [0.3, 0.4) is 0 Å². The summed E-state index contributed by atoms with van der Waals surface area (Å²) >= 11 is 0. The number of rotatable bonds is 5. The molecular formula is C18H17N3O3. The Labute approximate surface area is 139 Å². The molecule has 0 aliphatic carbocycles. The number of oxazole rings is 1. The Hall–Kier alpha value is -3.15. The summed E-state index contributed by atoms with van der Waals surface area (Å²) in [6, 6.07) is 11.7. The highest BCUT2D eigenvalue weighted by molar-refractivity contribution is 5.84. The quantitative estimate of drug-likeness (QED) is 0.774. The van der Waals surface area contributed by atoms with Crippen molar-refractivity contribution in [3.05, 3.63) is 77.8 Å². The van der Waals surface area contributed by atoms with Gasteiger partial charge in [-0.2, -0.15) is 0 Å². The van der Waals surface area contributed by atoms with Crippen molar-refractivity contribution in [2.45, 2.75) is 20.0 Å². The number of nitrogens with one attached hydrogen (secondary N) is 1. The predicted molar refractivity (Wildman–Crippen MR) is 88.5 cm³/mol. The molecule has 0 fully saturated rings. The lowest BCUT2D eigenvalue weighted by molar-refractivity contribution is 0.146. The highest BCUT2D eigenvalue weighted by Gasteiger charge is 2.06. The van der Waals surface area contributed by atoms with Crippen molar-refractivity contribution in [3.63, 3.8) is 0 Å². The Bertz CT molecular complexity index is 781. The van der Waals surface area contributed by atoms with Crippen LogP contribution in [-0.2, 0) is 17.8 Å². The Kier molecular flexibility index (Phi) is 4.86. The fourth-order valence-corrected chi connectivity index (χ4v) is 2.15. The molecule has 3 aromatic rings. The SMILES string of the molecule is Cc1ccc(Cc2ccc(NC(=O)OCc3cnco3)cc2)cn1. The number of nitrogens with zero attached hydrogens (tertiary/aromatic N) is 2. The van der Waals surface area contributed by atoms with E-state index in [0.717, 1.165) is 23.2 Å². The van der Waals surface area contributed by atoms with E-state index in [1.54, 1.807) is 0 Å². The fourth-order valence-electron chi connectivity index (χ4n) is 2.15. The maximum atomic E-state index is 11.7. The zero-order chi connectivity index (χ0) is 16.8. The van der Waals surface area contributed by atoms with Crippen LogP contribution in [0.1, 0.15) is 22.6 Å². The average molecular weight is 323 g/mol. The van der Waals surface area contributed by atoms with Crippen molar-refractivity contribution in [2.24, 2.45) is 0 Å². The topological polar surface area (TPSA) is 77.2 Å². The Morgan fingerprint density at radius 3 is 2.58 bits per heavy atom. The van der Waals surface area contributed by atoms with E-state index in [0.29, 0.717) is 11.4 Å². The lowest BCUT2D eigenvalue weighted by Crippen LogP contribution is -2.13. The summed E-state index contributed by atoms with van der Waals surface area (Å²) in [4.78, 5) is 19.8. The van der Waals surface area contributed by atoms with Crippen molar-refractivity contribution in [3.8, 4) is 0 Å². The third kappa shape index (κ3) is 4.42. The van der Waals surface area contributed by atoms with Crippen molar-refractivity contribution in [2.75, 3.05) is 5.32 Å². The monoisotopic (exact) mass is 323 g/mol. The summed E-state index contributed by atoms with van der Waals surface area (Å²) < 4.78 is 10.0. The van der Waals surface area contributed by atoms with Gasteiger partial charge in [-0.3, -0.25) is 10.3 Å². The maximum absolute atomic E-state index is 11.7. The highest BCUT2D eigenvalue weighted by atomic mass is 16.6. The van der Waals surface area contributed by atoms with Gasteiger partial charge in [0.2, 0.25) is 0 Å². The van der Waals surface area contributed by atoms with Gasteiger partial charge in [-0.25, -0.2) is 9.78 Å². The van der Waals surface area contributed by atoms with Crippen LogP contribution in [0.2, 0.25) is 0 Å². The van der Waals surface area contributed by atoms with E-state index in [-0.39, 0.29) is 6.61 Å². The molecule has 0 bridgehead atoms. The van der Waals surface area contributed by atoms with Crippen LogP contribution in [0.15, 0.2) is 59.6 Å². The van der Waals surface area contributed by atoms with E-state index in [9.17, 15) is 4.79 Å². The van der Waals surface area contributed by atoms with E-state index in [1.165, 1.54) is 12.6 Å². The van der Waals surface area contributed by atoms with E-state index >= 15 is 0 Å². The molecule has 0 radical (unpaired) electrons. The van der Waals surface area contributed by atoms with Gasteiger partial charge in [0, 0.05) is 17.6 Å². The lowest BCUT2D eigenvalue weighted by atomic mass is 10.1. The number of carbonyl (C=O) groups excluding carboxylic acids is 1. The second-order valence-electron chi connectivity index (χ2n) is 5.35. The maximum Gasteiger partial charge on any atom is 0.412 e. The van der Waals surface area contributed by atoms with Crippen LogP contribution in [0.4, 0.5) is 10.5 Å². The number of anilines is 1. The normalized spacial score (nSPS) is 10.4. The number of hydrogen-bond acceptors (Lipinski definition) is 5. The molecule has 0 spiro atoms. The molecular weight excluding hydrogens is 306 g/mol. The summed E-state index contributed by atoms with van der Waals surface area (Å²) in [5.74, 6) is 0.493. The first-order chi connectivity index (χ1) is 11.7. The largest absolute Gasteiger partial charge is 0.445 e. The molecule has 2 heterocycles.